The first-order chi connectivity index (χ1) is 7.37. The SMILES string of the molecule is CCC1(C2=CCCCO2)CCCCCN1. The first kappa shape index (κ1) is 11.0. The molecule has 0 bridgehead atoms. The van der Waals surface area contributed by atoms with Gasteiger partial charge in [0.1, 0.15) is 5.76 Å². The van der Waals surface area contributed by atoms with Crippen LogP contribution in [0.4, 0.5) is 0 Å². The maximum Gasteiger partial charge on any atom is 0.112 e. The molecule has 1 saturated heterocycles. The van der Waals surface area contributed by atoms with Gasteiger partial charge in [-0.05, 0) is 44.7 Å². The molecule has 86 valence electrons. The maximum absolute atomic E-state index is 5.87. The fraction of sp³-hybridized carbons (Fsp3) is 0.846. The van der Waals surface area contributed by atoms with E-state index in [1.165, 1.54) is 44.3 Å². The summed E-state index contributed by atoms with van der Waals surface area (Å²) in [7, 11) is 0. The molecular formula is C13H23NO. The highest BCUT2D eigenvalue weighted by atomic mass is 16.5. The van der Waals surface area contributed by atoms with E-state index in [-0.39, 0.29) is 5.54 Å². The van der Waals surface area contributed by atoms with E-state index >= 15 is 0 Å². The lowest BCUT2D eigenvalue weighted by Gasteiger charge is -2.36. The second-order valence-electron chi connectivity index (χ2n) is 4.73. The molecule has 0 spiro atoms. The van der Waals surface area contributed by atoms with Gasteiger partial charge in [-0.15, -0.1) is 0 Å². The molecule has 0 aromatic rings. The van der Waals surface area contributed by atoms with Gasteiger partial charge < -0.3 is 10.1 Å². The van der Waals surface area contributed by atoms with Crippen molar-refractivity contribution >= 4 is 0 Å². The molecular weight excluding hydrogens is 186 g/mol. The summed E-state index contributed by atoms with van der Waals surface area (Å²) in [6, 6.07) is 0. The Bertz CT molecular complexity index is 227. The Morgan fingerprint density at radius 1 is 1.33 bits per heavy atom. The fourth-order valence-electron chi connectivity index (χ4n) is 2.72. The van der Waals surface area contributed by atoms with Crippen molar-refractivity contribution < 1.29 is 4.74 Å². The second-order valence-corrected chi connectivity index (χ2v) is 4.73. The average molecular weight is 209 g/mol. The lowest BCUT2D eigenvalue weighted by Crippen LogP contribution is -2.47. The zero-order valence-corrected chi connectivity index (χ0v) is 9.85. The molecule has 0 aliphatic carbocycles. The minimum Gasteiger partial charge on any atom is -0.496 e. The molecule has 2 nitrogen and oxygen atoms in total. The van der Waals surface area contributed by atoms with E-state index in [2.05, 4.69) is 18.3 Å². The molecule has 2 aliphatic rings. The zero-order valence-electron chi connectivity index (χ0n) is 9.85. The van der Waals surface area contributed by atoms with Crippen LogP contribution in [0.3, 0.4) is 0 Å². The van der Waals surface area contributed by atoms with Gasteiger partial charge in [-0.2, -0.15) is 0 Å². The lowest BCUT2D eigenvalue weighted by atomic mass is 9.87. The quantitative estimate of drug-likeness (QED) is 0.755. The molecule has 0 saturated carbocycles. The molecule has 1 unspecified atom stereocenters. The number of ether oxygens (including phenoxy) is 1. The molecule has 0 radical (unpaired) electrons. The predicted octanol–water partition coefficient (Wildman–Crippen LogP) is 2.99. The molecule has 15 heavy (non-hydrogen) atoms. The summed E-state index contributed by atoms with van der Waals surface area (Å²) in [5.74, 6) is 1.23. The summed E-state index contributed by atoms with van der Waals surface area (Å²) in [4.78, 5) is 0. The molecule has 1 atom stereocenters. The Kier molecular flexibility index (Phi) is 3.68. The minimum absolute atomic E-state index is 0.164. The van der Waals surface area contributed by atoms with Crippen molar-refractivity contribution in [1.82, 2.24) is 5.32 Å². The highest BCUT2D eigenvalue weighted by molar-refractivity contribution is 5.16. The maximum atomic E-state index is 5.87. The third-order valence-electron chi connectivity index (χ3n) is 3.75. The monoisotopic (exact) mass is 209 g/mol. The van der Waals surface area contributed by atoms with Crippen LogP contribution in [0.15, 0.2) is 11.8 Å². The van der Waals surface area contributed by atoms with Crippen LogP contribution in [0.1, 0.15) is 51.9 Å². The summed E-state index contributed by atoms with van der Waals surface area (Å²) in [6.45, 7) is 4.33. The highest BCUT2D eigenvalue weighted by Crippen LogP contribution is 2.32. The molecule has 1 fully saturated rings. The van der Waals surface area contributed by atoms with Gasteiger partial charge in [0.25, 0.3) is 0 Å². The smallest absolute Gasteiger partial charge is 0.112 e. The number of nitrogens with one attached hydrogen (secondary N) is 1. The fourth-order valence-corrected chi connectivity index (χ4v) is 2.72. The molecule has 1 N–H and O–H groups in total. The lowest BCUT2D eigenvalue weighted by molar-refractivity contribution is 0.125. The zero-order chi connectivity index (χ0) is 10.6. The van der Waals surface area contributed by atoms with Crippen LogP contribution in [0.5, 0.6) is 0 Å². The van der Waals surface area contributed by atoms with Crippen LogP contribution in [0, 0.1) is 0 Å². The average Bonchev–Trinajstić information content (AvgIpc) is 2.56. The van der Waals surface area contributed by atoms with Crippen LogP contribution in [-0.4, -0.2) is 18.7 Å². The Morgan fingerprint density at radius 3 is 3.00 bits per heavy atom. The van der Waals surface area contributed by atoms with Gasteiger partial charge in [0.05, 0.1) is 12.1 Å². The summed E-state index contributed by atoms with van der Waals surface area (Å²) < 4.78 is 5.87. The van der Waals surface area contributed by atoms with Gasteiger partial charge in [0.15, 0.2) is 0 Å². The van der Waals surface area contributed by atoms with Crippen molar-refractivity contribution in [3.05, 3.63) is 11.8 Å². The Labute approximate surface area is 93.1 Å². The summed E-state index contributed by atoms with van der Waals surface area (Å²) in [5, 5.41) is 3.72. The molecule has 2 rings (SSSR count). The summed E-state index contributed by atoms with van der Waals surface area (Å²) in [5.41, 5.74) is 0.164. The largest absolute Gasteiger partial charge is 0.496 e. The molecule has 0 aromatic heterocycles. The van der Waals surface area contributed by atoms with Crippen molar-refractivity contribution in [2.45, 2.75) is 57.4 Å². The van der Waals surface area contributed by atoms with Crippen molar-refractivity contribution in [2.24, 2.45) is 0 Å². The van der Waals surface area contributed by atoms with Crippen LogP contribution >= 0.6 is 0 Å². The third kappa shape index (κ3) is 2.36. The van der Waals surface area contributed by atoms with Gasteiger partial charge in [-0.3, -0.25) is 0 Å². The van der Waals surface area contributed by atoms with Crippen LogP contribution in [0.25, 0.3) is 0 Å². The molecule has 0 aromatic carbocycles. The second kappa shape index (κ2) is 5.02. The molecule has 2 heteroatoms. The normalized spacial score (nSPS) is 32.7. The van der Waals surface area contributed by atoms with Crippen molar-refractivity contribution in [2.75, 3.05) is 13.2 Å². The van der Waals surface area contributed by atoms with E-state index in [0.29, 0.717) is 0 Å². The van der Waals surface area contributed by atoms with Gasteiger partial charge >= 0.3 is 0 Å². The number of allylic oxidation sites excluding steroid dienone is 1. The molecule has 2 aliphatic heterocycles. The van der Waals surface area contributed by atoms with E-state index in [1.54, 1.807) is 0 Å². The first-order valence-electron chi connectivity index (χ1n) is 6.46. The Balaban J connectivity index is 2.14. The van der Waals surface area contributed by atoms with Crippen LogP contribution < -0.4 is 5.32 Å². The number of rotatable bonds is 2. The van der Waals surface area contributed by atoms with E-state index < -0.39 is 0 Å². The summed E-state index contributed by atoms with van der Waals surface area (Å²) in [6.07, 6.45) is 11.1. The third-order valence-corrected chi connectivity index (χ3v) is 3.75. The van der Waals surface area contributed by atoms with E-state index in [9.17, 15) is 0 Å². The number of hydrogen-bond acceptors (Lipinski definition) is 2. The number of hydrogen-bond donors (Lipinski definition) is 1. The van der Waals surface area contributed by atoms with Gasteiger partial charge in [0, 0.05) is 0 Å². The van der Waals surface area contributed by atoms with Gasteiger partial charge in [0.2, 0.25) is 0 Å². The van der Waals surface area contributed by atoms with E-state index in [1.807, 2.05) is 0 Å². The molecule has 0 amide bonds. The first-order valence-corrected chi connectivity index (χ1v) is 6.46. The Morgan fingerprint density at radius 2 is 2.27 bits per heavy atom. The van der Waals surface area contributed by atoms with E-state index in [4.69, 9.17) is 4.74 Å². The van der Waals surface area contributed by atoms with Gasteiger partial charge in [-0.1, -0.05) is 19.8 Å². The highest BCUT2D eigenvalue weighted by Gasteiger charge is 2.34. The molecule has 2 heterocycles. The van der Waals surface area contributed by atoms with Crippen LogP contribution in [0.2, 0.25) is 0 Å². The van der Waals surface area contributed by atoms with Crippen LogP contribution in [-0.2, 0) is 4.74 Å². The minimum atomic E-state index is 0.164. The Hall–Kier alpha value is -0.500. The van der Waals surface area contributed by atoms with E-state index in [0.717, 1.165) is 19.6 Å². The topological polar surface area (TPSA) is 21.3 Å². The van der Waals surface area contributed by atoms with Crippen molar-refractivity contribution in [3.8, 4) is 0 Å². The predicted molar refractivity (Wildman–Crippen MR) is 62.8 cm³/mol. The summed E-state index contributed by atoms with van der Waals surface area (Å²) >= 11 is 0. The standard InChI is InChI=1S/C13H23NO/c1-2-13(9-5-3-6-10-14-13)12-8-4-7-11-15-12/h8,14H,2-7,9-11H2,1H3. The van der Waals surface area contributed by atoms with Crippen molar-refractivity contribution in [1.29, 1.82) is 0 Å². The van der Waals surface area contributed by atoms with Gasteiger partial charge in [-0.25, -0.2) is 0 Å². The van der Waals surface area contributed by atoms with Crippen molar-refractivity contribution in [3.63, 3.8) is 0 Å².